The Morgan fingerprint density at radius 1 is 1.04 bits per heavy atom. The van der Waals surface area contributed by atoms with Crippen LogP contribution < -0.4 is 0 Å². The van der Waals surface area contributed by atoms with Crippen molar-refractivity contribution in [3.05, 3.63) is 65.5 Å². The Hall–Kier alpha value is -2.21. The number of fused-ring (bicyclic) bond motifs is 1. The van der Waals surface area contributed by atoms with Crippen molar-refractivity contribution < 1.29 is 5.11 Å². The van der Waals surface area contributed by atoms with E-state index in [1.165, 1.54) is 16.6 Å². The summed E-state index contributed by atoms with van der Waals surface area (Å²) in [4.78, 5) is 9.83. The van der Waals surface area contributed by atoms with Crippen molar-refractivity contribution in [2.75, 3.05) is 26.2 Å². The molecule has 0 radical (unpaired) electrons. The van der Waals surface area contributed by atoms with Crippen LogP contribution in [0.1, 0.15) is 23.4 Å². The van der Waals surface area contributed by atoms with Crippen LogP contribution in [0.15, 0.2) is 48.5 Å². The smallest absolute Gasteiger partial charge is 0.123 e. The Morgan fingerprint density at radius 2 is 1.82 bits per heavy atom. The highest BCUT2D eigenvalue weighted by Crippen LogP contribution is 2.20. The number of hydrogen-bond donors (Lipinski definition) is 1. The summed E-state index contributed by atoms with van der Waals surface area (Å²) in [5.74, 6) is 1.11. The molecule has 28 heavy (non-hydrogen) atoms. The molecule has 1 N–H and O–H groups in total. The van der Waals surface area contributed by atoms with Crippen LogP contribution in [0.4, 0.5) is 0 Å². The topological polar surface area (TPSA) is 44.5 Å². The predicted octanol–water partition coefficient (Wildman–Crippen LogP) is 2.95. The van der Waals surface area contributed by atoms with Gasteiger partial charge in [0.05, 0.1) is 17.6 Å². The number of para-hydroxylation sites is 2. The quantitative estimate of drug-likeness (QED) is 0.716. The van der Waals surface area contributed by atoms with Crippen molar-refractivity contribution in [1.29, 1.82) is 0 Å². The lowest BCUT2D eigenvalue weighted by Crippen LogP contribution is -2.52. The van der Waals surface area contributed by atoms with E-state index in [0.29, 0.717) is 6.04 Å². The van der Waals surface area contributed by atoms with Crippen molar-refractivity contribution in [3.8, 4) is 0 Å². The summed E-state index contributed by atoms with van der Waals surface area (Å²) >= 11 is 0. The minimum absolute atomic E-state index is 0.231. The van der Waals surface area contributed by atoms with Crippen LogP contribution in [0.5, 0.6) is 0 Å². The number of aryl methyl sites for hydroxylation is 2. The van der Waals surface area contributed by atoms with Crippen LogP contribution in [0.25, 0.3) is 11.0 Å². The summed E-state index contributed by atoms with van der Waals surface area (Å²) in [5, 5.41) is 9.59. The van der Waals surface area contributed by atoms with Crippen molar-refractivity contribution in [1.82, 2.24) is 19.4 Å². The molecule has 0 unspecified atom stereocenters. The van der Waals surface area contributed by atoms with Gasteiger partial charge in [0.2, 0.25) is 0 Å². The SMILES string of the molecule is Cc1ccc(CN2CCN(Cc3nc4ccccc4n3C)C[C@H]2CCO)cc1. The highest BCUT2D eigenvalue weighted by Gasteiger charge is 2.27. The maximum atomic E-state index is 9.59. The Morgan fingerprint density at radius 3 is 2.57 bits per heavy atom. The van der Waals surface area contributed by atoms with Crippen LogP contribution in [0.2, 0.25) is 0 Å². The van der Waals surface area contributed by atoms with Gasteiger partial charge in [-0.3, -0.25) is 9.80 Å². The molecule has 1 aromatic heterocycles. The van der Waals surface area contributed by atoms with Crippen molar-refractivity contribution >= 4 is 11.0 Å². The van der Waals surface area contributed by atoms with Crippen molar-refractivity contribution in [2.45, 2.75) is 32.5 Å². The van der Waals surface area contributed by atoms with E-state index in [1.807, 2.05) is 6.07 Å². The fraction of sp³-hybridized carbons (Fsp3) is 0.435. The second kappa shape index (κ2) is 8.43. The second-order valence-electron chi connectivity index (χ2n) is 7.93. The third kappa shape index (κ3) is 4.12. The monoisotopic (exact) mass is 378 g/mol. The van der Waals surface area contributed by atoms with Gasteiger partial charge in [0, 0.05) is 45.9 Å². The molecule has 0 amide bonds. The summed E-state index contributed by atoms with van der Waals surface area (Å²) in [6, 6.07) is 17.5. The molecule has 1 atom stereocenters. The lowest BCUT2D eigenvalue weighted by molar-refractivity contribution is 0.0484. The van der Waals surface area contributed by atoms with Gasteiger partial charge in [-0.1, -0.05) is 42.0 Å². The Balaban J connectivity index is 1.44. The van der Waals surface area contributed by atoms with Gasteiger partial charge in [0.1, 0.15) is 5.82 Å². The third-order valence-electron chi connectivity index (χ3n) is 5.90. The molecule has 2 heterocycles. The van der Waals surface area contributed by atoms with Crippen LogP contribution >= 0.6 is 0 Å². The molecule has 148 valence electrons. The van der Waals surface area contributed by atoms with Gasteiger partial charge in [0.15, 0.2) is 0 Å². The number of hydrogen-bond acceptors (Lipinski definition) is 4. The summed E-state index contributed by atoms with van der Waals surface area (Å²) < 4.78 is 2.20. The summed E-state index contributed by atoms with van der Waals surface area (Å²) in [5.41, 5.74) is 4.88. The van der Waals surface area contributed by atoms with E-state index in [9.17, 15) is 5.11 Å². The number of rotatable bonds is 6. The molecule has 0 spiro atoms. The first-order valence-electron chi connectivity index (χ1n) is 10.2. The minimum atomic E-state index is 0.231. The largest absolute Gasteiger partial charge is 0.396 e. The third-order valence-corrected chi connectivity index (χ3v) is 5.90. The summed E-state index contributed by atoms with van der Waals surface area (Å²) in [6.07, 6.45) is 0.810. The molecule has 3 aromatic rings. The van der Waals surface area contributed by atoms with Crippen LogP contribution in [-0.4, -0.2) is 56.7 Å². The molecular weight excluding hydrogens is 348 g/mol. The number of aliphatic hydroxyl groups is 1. The number of piperazine rings is 1. The molecule has 4 rings (SSSR count). The zero-order valence-electron chi connectivity index (χ0n) is 16.9. The van der Waals surface area contributed by atoms with Gasteiger partial charge >= 0.3 is 0 Å². The van der Waals surface area contributed by atoms with E-state index in [-0.39, 0.29) is 6.61 Å². The molecule has 1 fully saturated rings. The molecule has 5 heteroatoms. The highest BCUT2D eigenvalue weighted by molar-refractivity contribution is 5.75. The molecular formula is C23H30N4O. The van der Waals surface area contributed by atoms with Gasteiger partial charge < -0.3 is 9.67 Å². The predicted molar refractivity (Wildman–Crippen MR) is 113 cm³/mol. The van der Waals surface area contributed by atoms with Crippen molar-refractivity contribution in [3.63, 3.8) is 0 Å². The molecule has 0 aliphatic carbocycles. The van der Waals surface area contributed by atoms with E-state index < -0.39 is 0 Å². The number of nitrogens with zero attached hydrogens (tertiary/aromatic N) is 4. The number of imidazole rings is 1. The lowest BCUT2D eigenvalue weighted by atomic mass is 10.1. The zero-order valence-corrected chi connectivity index (χ0v) is 16.9. The first-order chi connectivity index (χ1) is 13.6. The fourth-order valence-electron chi connectivity index (χ4n) is 4.20. The first-order valence-corrected chi connectivity index (χ1v) is 10.2. The Kier molecular flexibility index (Phi) is 5.76. The highest BCUT2D eigenvalue weighted by atomic mass is 16.3. The molecule has 0 saturated carbocycles. The van der Waals surface area contributed by atoms with E-state index in [4.69, 9.17) is 4.98 Å². The van der Waals surface area contributed by atoms with E-state index in [0.717, 1.165) is 50.5 Å². The normalized spacial score (nSPS) is 18.8. The molecule has 1 aliphatic heterocycles. The minimum Gasteiger partial charge on any atom is -0.396 e. The number of aliphatic hydroxyl groups excluding tert-OH is 1. The summed E-state index contributed by atoms with van der Waals surface area (Å²) in [6.45, 7) is 7.17. The van der Waals surface area contributed by atoms with Gasteiger partial charge in [-0.2, -0.15) is 0 Å². The lowest BCUT2D eigenvalue weighted by Gasteiger charge is -2.41. The number of benzene rings is 2. The molecule has 1 aliphatic rings. The maximum absolute atomic E-state index is 9.59. The van der Waals surface area contributed by atoms with Crippen molar-refractivity contribution in [2.24, 2.45) is 7.05 Å². The molecule has 2 aromatic carbocycles. The van der Waals surface area contributed by atoms with Gasteiger partial charge in [-0.15, -0.1) is 0 Å². The second-order valence-corrected chi connectivity index (χ2v) is 7.93. The zero-order chi connectivity index (χ0) is 19.5. The van der Waals surface area contributed by atoms with E-state index in [1.54, 1.807) is 0 Å². The van der Waals surface area contributed by atoms with Crippen LogP contribution in [-0.2, 0) is 20.1 Å². The Labute approximate surface area is 167 Å². The Bertz CT molecular complexity index is 918. The average Bonchev–Trinajstić information content (AvgIpc) is 3.01. The van der Waals surface area contributed by atoms with Gasteiger partial charge in [-0.05, 0) is 31.0 Å². The van der Waals surface area contributed by atoms with E-state index in [2.05, 4.69) is 70.8 Å². The van der Waals surface area contributed by atoms with Crippen LogP contribution in [0, 0.1) is 6.92 Å². The van der Waals surface area contributed by atoms with Gasteiger partial charge in [0.25, 0.3) is 0 Å². The standard InChI is InChI=1S/C23H30N4O/c1-18-7-9-19(10-8-18)15-27-13-12-26(16-20(27)11-14-28)17-23-24-21-5-3-4-6-22(21)25(23)2/h3-10,20,28H,11-17H2,1-2H3/t20-/m1/s1. The first kappa shape index (κ1) is 19.1. The van der Waals surface area contributed by atoms with E-state index >= 15 is 0 Å². The molecule has 0 bridgehead atoms. The maximum Gasteiger partial charge on any atom is 0.123 e. The molecule has 5 nitrogen and oxygen atoms in total. The fourth-order valence-corrected chi connectivity index (χ4v) is 4.20. The van der Waals surface area contributed by atoms with Crippen LogP contribution in [0.3, 0.4) is 0 Å². The van der Waals surface area contributed by atoms with Gasteiger partial charge in [-0.25, -0.2) is 4.98 Å². The average molecular weight is 379 g/mol. The molecule has 1 saturated heterocycles. The number of aromatic nitrogens is 2. The summed E-state index contributed by atoms with van der Waals surface area (Å²) in [7, 11) is 2.10.